The van der Waals surface area contributed by atoms with E-state index in [0.29, 0.717) is 6.01 Å². The Labute approximate surface area is 154 Å². The zero-order valence-corrected chi connectivity index (χ0v) is 15.2. The molecule has 0 aliphatic carbocycles. The number of nitrogens with zero attached hydrogens (tertiary/aromatic N) is 2. The number of hydrogen-bond acceptors (Lipinski definition) is 4. The van der Waals surface area contributed by atoms with Gasteiger partial charge in [0.2, 0.25) is 5.91 Å². The average molecular weight is 400 g/mol. The van der Waals surface area contributed by atoms with E-state index in [1.165, 1.54) is 0 Å². The Hall–Kier alpha value is -2.34. The third-order valence-electron chi connectivity index (χ3n) is 4.51. The summed E-state index contributed by atoms with van der Waals surface area (Å²) in [5.74, 6) is 0.0925. The molecule has 128 valence electrons. The van der Waals surface area contributed by atoms with Crippen molar-refractivity contribution in [1.82, 2.24) is 4.98 Å². The van der Waals surface area contributed by atoms with Crippen LogP contribution in [0, 0.1) is 5.92 Å². The third-order valence-corrected chi connectivity index (χ3v) is 5.00. The summed E-state index contributed by atoms with van der Waals surface area (Å²) in [6.45, 7) is 1.53. The van der Waals surface area contributed by atoms with Gasteiger partial charge in [0, 0.05) is 29.2 Å². The number of nitrogens with one attached hydrogen (secondary N) is 1. The molecule has 1 aliphatic rings. The van der Waals surface area contributed by atoms with Crippen LogP contribution in [0.25, 0.3) is 11.1 Å². The molecule has 2 aromatic carbocycles. The van der Waals surface area contributed by atoms with E-state index in [1.807, 2.05) is 48.5 Å². The molecule has 1 fully saturated rings. The van der Waals surface area contributed by atoms with Gasteiger partial charge in [-0.15, -0.1) is 0 Å². The van der Waals surface area contributed by atoms with Crippen molar-refractivity contribution < 1.29 is 9.21 Å². The number of amides is 1. The van der Waals surface area contributed by atoms with Crippen molar-refractivity contribution in [3.8, 4) is 0 Å². The first kappa shape index (κ1) is 16.1. The predicted molar refractivity (Wildman–Crippen MR) is 102 cm³/mol. The SMILES string of the molecule is O=C(Nc1cccc(Br)c1)C1CCN(c2nc3ccccc3o2)CC1. The largest absolute Gasteiger partial charge is 0.423 e. The summed E-state index contributed by atoms with van der Waals surface area (Å²) < 4.78 is 6.78. The fraction of sp³-hybridized carbons (Fsp3) is 0.263. The highest BCUT2D eigenvalue weighted by Crippen LogP contribution is 2.27. The first-order valence-electron chi connectivity index (χ1n) is 8.36. The topological polar surface area (TPSA) is 58.4 Å². The van der Waals surface area contributed by atoms with E-state index in [9.17, 15) is 4.79 Å². The Morgan fingerprint density at radius 2 is 1.96 bits per heavy atom. The third kappa shape index (κ3) is 3.54. The van der Waals surface area contributed by atoms with Crippen LogP contribution in [-0.2, 0) is 4.79 Å². The van der Waals surface area contributed by atoms with Gasteiger partial charge in [0.25, 0.3) is 6.01 Å². The van der Waals surface area contributed by atoms with Crippen molar-refractivity contribution in [3.63, 3.8) is 0 Å². The van der Waals surface area contributed by atoms with Gasteiger partial charge >= 0.3 is 0 Å². The highest BCUT2D eigenvalue weighted by molar-refractivity contribution is 9.10. The second kappa shape index (κ2) is 6.88. The molecule has 4 rings (SSSR count). The summed E-state index contributed by atoms with van der Waals surface area (Å²) in [6, 6.07) is 16.1. The van der Waals surface area contributed by atoms with Crippen LogP contribution in [-0.4, -0.2) is 24.0 Å². The first-order chi connectivity index (χ1) is 12.2. The van der Waals surface area contributed by atoms with E-state index in [0.717, 1.165) is 47.2 Å². The summed E-state index contributed by atoms with van der Waals surface area (Å²) in [4.78, 5) is 19.1. The van der Waals surface area contributed by atoms with E-state index in [1.54, 1.807) is 0 Å². The molecule has 0 saturated carbocycles. The molecule has 1 amide bonds. The quantitative estimate of drug-likeness (QED) is 0.706. The number of piperidine rings is 1. The van der Waals surface area contributed by atoms with Crippen molar-refractivity contribution in [2.75, 3.05) is 23.3 Å². The van der Waals surface area contributed by atoms with E-state index in [4.69, 9.17) is 4.42 Å². The number of benzene rings is 2. The van der Waals surface area contributed by atoms with Gasteiger partial charge in [0.15, 0.2) is 5.58 Å². The highest BCUT2D eigenvalue weighted by Gasteiger charge is 2.27. The lowest BCUT2D eigenvalue weighted by Crippen LogP contribution is -2.38. The number of oxazole rings is 1. The molecule has 0 unspecified atom stereocenters. The van der Waals surface area contributed by atoms with Gasteiger partial charge in [-0.25, -0.2) is 0 Å². The minimum absolute atomic E-state index is 0.0135. The number of rotatable bonds is 3. The second-order valence-electron chi connectivity index (χ2n) is 6.23. The van der Waals surface area contributed by atoms with Crippen molar-refractivity contribution in [3.05, 3.63) is 53.0 Å². The number of halogens is 1. The number of para-hydroxylation sites is 2. The van der Waals surface area contributed by atoms with Crippen LogP contribution < -0.4 is 10.2 Å². The van der Waals surface area contributed by atoms with Crippen molar-refractivity contribution >= 4 is 44.6 Å². The number of aromatic nitrogens is 1. The van der Waals surface area contributed by atoms with Gasteiger partial charge in [-0.05, 0) is 43.2 Å². The number of carbonyl (C=O) groups excluding carboxylic acids is 1. The van der Waals surface area contributed by atoms with Gasteiger partial charge in [-0.2, -0.15) is 4.98 Å². The predicted octanol–water partition coefficient (Wildman–Crippen LogP) is 4.45. The molecule has 1 saturated heterocycles. The fourth-order valence-corrected chi connectivity index (χ4v) is 3.54. The molecule has 0 bridgehead atoms. The second-order valence-corrected chi connectivity index (χ2v) is 7.14. The molecule has 6 heteroatoms. The molecule has 3 aromatic rings. The number of anilines is 2. The van der Waals surface area contributed by atoms with Crippen LogP contribution in [0.15, 0.2) is 57.4 Å². The van der Waals surface area contributed by atoms with Gasteiger partial charge in [-0.3, -0.25) is 4.79 Å². The minimum Gasteiger partial charge on any atom is -0.423 e. The standard InChI is InChI=1S/C19H18BrN3O2/c20-14-4-3-5-15(12-14)21-18(24)13-8-10-23(11-9-13)19-22-16-6-1-2-7-17(16)25-19/h1-7,12-13H,8-11H2,(H,21,24). The summed E-state index contributed by atoms with van der Waals surface area (Å²) in [7, 11) is 0. The maximum atomic E-state index is 12.5. The summed E-state index contributed by atoms with van der Waals surface area (Å²) in [5.41, 5.74) is 2.49. The molecular weight excluding hydrogens is 382 g/mol. The lowest BCUT2D eigenvalue weighted by molar-refractivity contribution is -0.120. The van der Waals surface area contributed by atoms with Crippen LogP contribution in [0.4, 0.5) is 11.7 Å². The van der Waals surface area contributed by atoms with Crippen LogP contribution in [0.5, 0.6) is 0 Å². The van der Waals surface area contributed by atoms with Crippen molar-refractivity contribution in [1.29, 1.82) is 0 Å². The Kier molecular flexibility index (Phi) is 4.44. The molecule has 0 radical (unpaired) electrons. The monoisotopic (exact) mass is 399 g/mol. The molecule has 1 aliphatic heterocycles. The summed E-state index contributed by atoms with van der Waals surface area (Å²) >= 11 is 3.42. The normalized spacial score (nSPS) is 15.5. The van der Waals surface area contributed by atoms with Gasteiger partial charge in [-0.1, -0.05) is 34.1 Å². The highest BCUT2D eigenvalue weighted by atomic mass is 79.9. The number of hydrogen-bond donors (Lipinski definition) is 1. The van der Waals surface area contributed by atoms with Gasteiger partial charge in [0.1, 0.15) is 5.52 Å². The molecule has 1 aromatic heterocycles. The maximum absolute atomic E-state index is 12.5. The molecule has 0 spiro atoms. The molecule has 25 heavy (non-hydrogen) atoms. The lowest BCUT2D eigenvalue weighted by atomic mass is 9.96. The van der Waals surface area contributed by atoms with Crippen LogP contribution >= 0.6 is 15.9 Å². The molecule has 0 atom stereocenters. The van der Waals surface area contributed by atoms with Crippen molar-refractivity contribution in [2.24, 2.45) is 5.92 Å². The van der Waals surface area contributed by atoms with Gasteiger partial charge in [0.05, 0.1) is 0 Å². The zero-order chi connectivity index (χ0) is 17.2. The molecule has 2 heterocycles. The smallest absolute Gasteiger partial charge is 0.298 e. The Morgan fingerprint density at radius 3 is 2.72 bits per heavy atom. The van der Waals surface area contributed by atoms with E-state index in [2.05, 4.69) is 31.1 Å². The van der Waals surface area contributed by atoms with E-state index < -0.39 is 0 Å². The number of fused-ring (bicyclic) bond motifs is 1. The lowest BCUT2D eigenvalue weighted by Gasteiger charge is -2.30. The van der Waals surface area contributed by atoms with E-state index >= 15 is 0 Å². The molecular formula is C19H18BrN3O2. The molecule has 5 nitrogen and oxygen atoms in total. The van der Waals surface area contributed by atoms with Crippen molar-refractivity contribution in [2.45, 2.75) is 12.8 Å². The van der Waals surface area contributed by atoms with Crippen LogP contribution in [0.2, 0.25) is 0 Å². The average Bonchev–Trinajstić information content (AvgIpc) is 3.06. The van der Waals surface area contributed by atoms with Crippen LogP contribution in [0.1, 0.15) is 12.8 Å². The van der Waals surface area contributed by atoms with Gasteiger partial charge < -0.3 is 14.6 Å². The Morgan fingerprint density at radius 1 is 1.16 bits per heavy atom. The summed E-state index contributed by atoms with van der Waals surface area (Å²) in [6.07, 6.45) is 1.58. The summed E-state index contributed by atoms with van der Waals surface area (Å²) in [5, 5.41) is 3.00. The van der Waals surface area contributed by atoms with E-state index in [-0.39, 0.29) is 11.8 Å². The first-order valence-corrected chi connectivity index (χ1v) is 9.15. The minimum atomic E-state index is 0.0135. The number of carbonyl (C=O) groups is 1. The zero-order valence-electron chi connectivity index (χ0n) is 13.6. The fourth-order valence-electron chi connectivity index (χ4n) is 3.14. The Bertz CT molecular complexity index is 867. The van der Waals surface area contributed by atoms with Crippen LogP contribution in [0.3, 0.4) is 0 Å². The maximum Gasteiger partial charge on any atom is 0.298 e. The molecule has 1 N–H and O–H groups in total. The Balaban J connectivity index is 1.38.